The maximum absolute atomic E-state index is 11.4. The molecule has 2 atom stereocenters. The molecular formula is C13H20N2O. The van der Waals surface area contributed by atoms with Crippen molar-refractivity contribution in [1.29, 1.82) is 0 Å². The molecule has 0 heterocycles. The molecule has 3 nitrogen and oxygen atoms in total. The van der Waals surface area contributed by atoms with E-state index in [2.05, 4.69) is 26.1 Å². The van der Waals surface area contributed by atoms with Crippen molar-refractivity contribution >= 4 is 5.91 Å². The van der Waals surface area contributed by atoms with Crippen LogP contribution in [-0.4, -0.2) is 11.9 Å². The Bertz CT molecular complexity index is 335. The third kappa shape index (κ3) is 3.35. The normalized spacial score (nSPS) is 14.8. The van der Waals surface area contributed by atoms with Crippen molar-refractivity contribution < 1.29 is 4.79 Å². The summed E-state index contributed by atoms with van der Waals surface area (Å²) in [4.78, 5) is 11.4. The highest BCUT2D eigenvalue weighted by atomic mass is 16.1. The third-order valence-electron chi connectivity index (χ3n) is 2.85. The van der Waals surface area contributed by atoms with Gasteiger partial charge in [-0.15, -0.1) is 0 Å². The first kappa shape index (κ1) is 12.7. The Morgan fingerprint density at radius 3 is 2.19 bits per heavy atom. The van der Waals surface area contributed by atoms with Gasteiger partial charge in [0.15, 0.2) is 0 Å². The van der Waals surface area contributed by atoms with Gasteiger partial charge in [0.2, 0.25) is 5.91 Å². The summed E-state index contributed by atoms with van der Waals surface area (Å²) in [7, 11) is 0. The second-order valence-electron chi connectivity index (χ2n) is 4.45. The van der Waals surface area contributed by atoms with Crippen LogP contribution in [0.15, 0.2) is 30.3 Å². The van der Waals surface area contributed by atoms with Crippen molar-refractivity contribution in [1.82, 2.24) is 5.32 Å². The Kier molecular flexibility index (Phi) is 4.50. The largest absolute Gasteiger partial charge is 0.368 e. The third-order valence-corrected chi connectivity index (χ3v) is 2.85. The molecule has 1 aromatic rings. The number of hydrogen-bond donors (Lipinski definition) is 2. The van der Waals surface area contributed by atoms with Crippen LogP contribution >= 0.6 is 0 Å². The van der Waals surface area contributed by atoms with E-state index in [1.54, 1.807) is 0 Å². The fraction of sp³-hybridized carbons (Fsp3) is 0.462. The molecule has 1 aromatic carbocycles. The Hall–Kier alpha value is -1.35. The smallest absolute Gasteiger partial charge is 0.239 e. The van der Waals surface area contributed by atoms with Crippen LogP contribution in [0.4, 0.5) is 0 Å². The molecule has 0 aliphatic rings. The molecule has 3 heteroatoms. The topological polar surface area (TPSA) is 55.1 Å². The van der Waals surface area contributed by atoms with Crippen LogP contribution in [0.5, 0.6) is 0 Å². The van der Waals surface area contributed by atoms with Crippen molar-refractivity contribution in [3.63, 3.8) is 0 Å². The van der Waals surface area contributed by atoms with Crippen LogP contribution in [0.25, 0.3) is 0 Å². The molecule has 0 spiro atoms. The Morgan fingerprint density at radius 1 is 1.19 bits per heavy atom. The molecule has 0 bridgehead atoms. The highest BCUT2D eigenvalue weighted by molar-refractivity contribution is 5.81. The van der Waals surface area contributed by atoms with Crippen LogP contribution in [0.1, 0.15) is 32.4 Å². The van der Waals surface area contributed by atoms with Gasteiger partial charge in [-0.3, -0.25) is 10.1 Å². The molecule has 1 rings (SSSR count). The second-order valence-corrected chi connectivity index (χ2v) is 4.45. The van der Waals surface area contributed by atoms with Crippen molar-refractivity contribution in [3.8, 4) is 0 Å². The molecule has 1 amide bonds. The molecule has 0 saturated carbocycles. The van der Waals surface area contributed by atoms with Crippen LogP contribution in [0, 0.1) is 5.92 Å². The molecule has 3 N–H and O–H groups in total. The Balaban J connectivity index is 2.81. The van der Waals surface area contributed by atoms with Gasteiger partial charge >= 0.3 is 0 Å². The van der Waals surface area contributed by atoms with Crippen molar-refractivity contribution in [2.45, 2.75) is 32.9 Å². The summed E-state index contributed by atoms with van der Waals surface area (Å²) in [6.45, 7) is 6.28. The number of primary amides is 1. The molecule has 0 fully saturated rings. The Morgan fingerprint density at radius 2 is 1.75 bits per heavy atom. The number of nitrogens with one attached hydrogen (secondary N) is 1. The standard InChI is InChI=1S/C13H20N2O/c1-9(2)10(3)15-12(13(14)16)11-7-5-4-6-8-11/h4-10,12,15H,1-3H3,(H2,14,16). The van der Waals surface area contributed by atoms with E-state index in [4.69, 9.17) is 5.73 Å². The van der Waals surface area contributed by atoms with E-state index >= 15 is 0 Å². The molecular weight excluding hydrogens is 200 g/mol. The van der Waals surface area contributed by atoms with Gasteiger partial charge in [0.25, 0.3) is 0 Å². The van der Waals surface area contributed by atoms with Gasteiger partial charge in [0, 0.05) is 6.04 Å². The predicted molar refractivity (Wildman–Crippen MR) is 65.8 cm³/mol. The predicted octanol–water partition coefficient (Wildman–Crippen LogP) is 1.85. The summed E-state index contributed by atoms with van der Waals surface area (Å²) in [6.07, 6.45) is 0. The van der Waals surface area contributed by atoms with Gasteiger partial charge in [-0.25, -0.2) is 0 Å². The number of nitrogens with two attached hydrogens (primary N) is 1. The summed E-state index contributed by atoms with van der Waals surface area (Å²) in [5.41, 5.74) is 6.33. The lowest BCUT2D eigenvalue weighted by molar-refractivity contribution is -0.120. The molecule has 16 heavy (non-hydrogen) atoms. The first-order valence-corrected chi connectivity index (χ1v) is 5.62. The second kappa shape index (κ2) is 5.66. The maximum Gasteiger partial charge on any atom is 0.239 e. The lowest BCUT2D eigenvalue weighted by Crippen LogP contribution is -2.40. The number of carbonyl (C=O) groups is 1. The molecule has 0 radical (unpaired) electrons. The van der Waals surface area contributed by atoms with Gasteiger partial charge in [-0.2, -0.15) is 0 Å². The minimum atomic E-state index is -0.404. The van der Waals surface area contributed by atoms with E-state index in [0.29, 0.717) is 5.92 Å². The SMILES string of the molecule is CC(C)C(C)NC(C(N)=O)c1ccccc1. The average molecular weight is 220 g/mol. The van der Waals surface area contributed by atoms with E-state index in [-0.39, 0.29) is 11.9 Å². The zero-order valence-corrected chi connectivity index (χ0v) is 10.1. The van der Waals surface area contributed by atoms with Crippen molar-refractivity contribution in [2.24, 2.45) is 11.7 Å². The first-order chi connectivity index (χ1) is 7.52. The highest BCUT2D eigenvalue weighted by Gasteiger charge is 2.20. The highest BCUT2D eigenvalue weighted by Crippen LogP contribution is 2.14. The molecule has 0 saturated heterocycles. The summed E-state index contributed by atoms with van der Waals surface area (Å²) >= 11 is 0. The van der Waals surface area contributed by atoms with Crippen LogP contribution in [0.3, 0.4) is 0 Å². The van der Waals surface area contributed by atoms with Crippen LogP contribution in [-0.2, 0) is 4.79 Å². The fourth-order valence-corrected chi connectivity index (χ4v) is 1.44. The van der Waals surface area contributed by atoms with Gasteiger partial charge in [0.05, 0.1) is 0 Å². The number of rotatable bonds is 5. The number of carbonyl (C=O) groups excluding carboxylic acids is 1. The quantitative estimate of drug-likeness (QED) is 0.795. The number of amides is 1. The molecule has 2 unspecified atom stereocenters. The molecule has 0 aliphatic carbocycles. The van der Waals surface area contributed by atoms with Gasteiger partial charge in [0.1, 0.15) is 6.04 Å². The lowest BCUT2D eigenvalue weighted by atomic mass is 10.0. The summed E-state index contributed by atoms with van der Waals surface area (Å²) in [5.74, 6) is 0.129. The number of hydrogen-bond acceptors (Lipinski definition) is 2. The summed E-state index contributed by atoms with van der Waals surface area (Å²) < 4.78 is 0. The minimum Gasteiger partial charge on any atom is -0.368 e. The van der Waals surface area contributed by atoms with Gasteiger partial charge < -0.3 is 5.73 Å². The zero-order chi connectivity index (χ0) is 12.1. The monoisotopic (exact) mass is 220 g/mol. The first-order valence-electron chi connectivity index (χ1n) is 5.62. The van der Waals surface area contributed by atoms with Gasteiger partial charge in [-0.1, -0.05) is 44.2 Å². The molecule has 0 aromatic heterocycles. The zero-order valence-electron chi connectivity index (χ0n) is 10.1. The van der Waals surface area contributed by atoms with Crippen molar-refractivity contribution in [2.75, 3.05) is 0 Å². The van der Waals surface area contributed by atoms with E-state index < -0.39 is 6.04 Å². The summed E-state index contributed by atoms with van der Waals surface area (Å²) in [6, 6.07) is 9.41. The fourth-order valence-electron chi connectivity index (χ4n) is 1.44. The molecule has 88 valence electrons. The van der Waals surface area contributed by atoms with Crippen LogP contribution < -0.4 is 11.1 Å². The number of benzene rings is 1. The van der Waals surface area contributed by atoms with E-state index in [1.165, 1.54) is 0 Å². The summed E-state index contributed by atoms with van der Waals surface area (Å²) in [5, 5.41) is 3.26. The van der Waals surface area contributed by atoms with E-state index in [9.17, 15) is 4.79 Å². The van der Waals surface area contributed by atoms with Crippen molar-refractivity contribution in [3.05, 3.63) is 35.9 Å². The lowest BCUT2D eigenvalue weighted by Gasteiger charge is -2.23. The molecule has 0 aliphatic heterocycles. The van der Waals surface area contributed by atoms with Gasteiger partial charge in [-0.05, 0) is 18.4 Å². The maximum atomic E-state index is 11.4. The van der Waals surface area contributed by atoms with E-state index in [1.807, 2.05) is 30.3 Å². The minimum absolute atomic E-state index is 0.248. The van der Waals surface area contributed by atoms with Crippen LogP contribution in [0.2, 0.25) is 0 Å². The average Bonchev–Trinajstić information content (AvgIpc) is 2.26. The van der Waals surface area contributed by atoms with E-state index in [0.717, 1.165) is 5.56 Å². The Labute approximate surface area is 97.0 Å².